The maximum Gasteiger partial charge on any atom is 0.336 e. The van der Waals surface area contributed by atoms with Gasteiger partial charge >= 0.3 is 5.97 Å². The van der Waals surface area contributed by atoms with E-state index in [9.17, 15) is 19.8 Å². The molecule has 0 bridgehead atoms. The molecule has 0 aromatic heterocycles. The molecule has 0 aliphatic heterocycles. The molecule has 0 unspecified atom stereocenters. The number of esters is 1. The molecule has 0 atom stereocenters. The second-order valence-corrected chi connectivity index (χ2v) is 5.56. The Balaban J connectivity index is 2.19. The Morgan fingerprint density at radius 3 is 2.50 bits per heavy atom. The normalized spacial score (nSPS) is 11.0. The molecular formula is C19H18O5. The topological polar surface area (TPSA) is 83.8 Å². The maximum absolute atomic E-state index is 11.9. The van der Waals surface area contributed by atoms with Crippen LogP contribution in [0.15, 0.2) is 53.3 Å². The summed E-state index contributed by atoms with van der Waals surface area (Å²) in [5.74, 6) is -1.09. The molecule has 0 spiro atoms. The Labute approximate surface area is 139 Å². The highest BCUT2D eigenvalue weighted by atomic mass is 16.5. The molecule has 0 heterocycles. The number of hydrogen-bond donors (Lipinski definition) is 2. The first-order valence-electron chi connectivity index (χ1n) is 7.43. The second-order valence-electron chi connectivity index (χ2n) is 5.56. The van der Waals surface area contributed by atoms with Gasteiger partial charge in [-0.3, -0.25) is 4.79 Å². The van der Waals surface area contributed by atoms with Crippen molar-refractivity contribution in [2.75, 3.05) is 0 Å². The van der Waals surface area contributed by atoms with Crippen molar-refractivity contribution in [2.45, 2.75) is 19.8 Å². The van der Waals surface area contributed by atoms with E-state index in [-0.39, 0.29) is 28.6 Å². The Morgan fingerprint density at radius 1 is 1.08 bits per heavy atom. The van der Waals surface area contributed by atoms with Crippen molar-refractivity contribution in [1.82, 2.24) is 0 Å². The molecule has 0 aliphatic carbocycles. The third kappa shape index (κ3) is 4.46. The zero-order valence-corrected chi connectivity index (χ0v) is 13.4. The minimum absolute atomic E-state index is 0.0353. The van der Waals surface area contributed by atoms with Crippen molar-refractivity contribution in [2.24, 2.45) is 0 Å². The van der Waals surface area contributed by atoms with Gasteiger partial charge in [-0.1, -0.05) is 32.0 Å². The van der Waals surface area contributed by atoms with Gasteiger partial charge < -0.3 is 14.9 Å². The molecule has 0 fully saturated rings. The minimum Gasteiger partial charge on any atom is -0.504 e. The summed E-state index contributed by atoms with van der Waals surface area (Å²) in [6, 6.07) is 10.5. The third-order valence-corrected chi connectivity index (χ3v) is 3.37. The summed E-state index contributed by atoms with van der Waals surface area (Å²) < 4.78 is 5.12. The third-order valence-electron chi connectivity index (χ3n) is 3.37. The van der Waals surface area contributed by atoms with Crippen LogP contribution in [0.25, 0.3) is 6.08 Å². The van der Waals surface area contributed by atoms with Gasteiger partial charge in [0.15, 0.2) is 17.2 Å². The number of rotatable bonds is 4. The zero-order valence-electron chi connectivity index (χ0n) is 13.4. The van der Waals surface area contributed by atoms with Crippen LogP contribution in [0.3, 0.4) is 0 Å². The minimum atomic E-state index is -0.708. The van der Waals surface area contributed by atoms with E-state index in [1.165, 1.54) is 30.3 Å². The van der Waals surface area contributed by atoms with E-state index in [2.05, 4.69) is 0 Å². The highest BCUT2D eigenvalue weighted by Crippen LogP contribution is 2.25. The van der Waals surface area contributed by atoms with Gasteiger partial charge in [-0.05, 0) is 47.4 Å². The van der Waals surface area contributed by atoms with Crippen LogP contribution < -0.4 is 10.2 Å². The number of phenolic OH excluding ortho intramolecular Hbond substituents is 2. The van der Waals surface area contributed by atoms with E-state index in [4.69, 9.17) is 4.74 Å². The first-order chi connectivity index (χ1) is 11.4. The SMILES string of the molecule is CC(C)c1cccc(=O)c(OC(=O)/C=C/c2ccc(O)c(O)c2)c1. The second kappa shape index (κ2) is 7.46. The van der Waals surface area contributed by atoms with Crippen LogP contribution in [0, 0.1) is 0 Å². The van der Waals surface area contributed by atoms with Crippen LogP contribution in [0.1, 0.15) is 30.9 Å². The van der Waals surface area contributed by atoms with Crippen molar-refractivity contribution in [3.63, 3.8) is 0 Å². The van der Waals surface area contributed by atoms with E-state index in [1.54, 1.807) is 18.2 Å². The predicted octanol–water partition coefficient (Wildman–Crippen LogP) is 3.20. The summed E-state index contributed by atoms with van der Waals surface area (Å²) in [4.78, 5) is 23.8. The fraction of sp³-hybridized carbons (Fsp3) is 0.158. The largest absolute Gasteiger partial charge is 0.504 e. The van der Waals surface area contributed by atoms with E-state index in [1.807, 2.05) is 13.8 Å². The summed E-state index contributed by atoms with van der Waals surface area (Å²) in [7, 11) is 0. The number of benzene rings is 1. The van der Waals surface area contributed by atoms with Gasteiger partial charge in [0.1, 0.15) is 0 Å². The molecule has 5 nitrogen and oxygen atoms in total. The monoisotopic (exact) mass is 326 g/mol. The van der Waals surface area contributed by atoms with E-state index in [0.29, 0.717) is 5.56 Å². The van der Waals surface area contributed by atoms with Crippen LogP contribution in [-0.4, -0.2) is 16.2 Å². The highest BCUT2D eigenvalue weighted by molar-refractivity contribution is 5.88. The summed E-state index contributed by atoms with van der Waals surface area (Å²) >= 11 is 0. The Bertz CT molecular complexity index is 837. The van der Waals surface area contributed by atoms with Crippen LogP contribution >= 0.6 is 0 Å². The number of hydrogen-bond acceptors (Lipinski definition) is 5. The lowest BCUT2D eigenvalue weighted by atomic mass is 10.1. The number of phenols is 2. The van der Waals surface area contributed by atoms with Gasteiger partial charge in [0.25, 0.3) is 0 Å². The highest BCUT2D eigenvalue weighted by Gasteiger charge is 2.07. The first kappa shape index (κ1) is 17.3. The zero-order chi connectivity index (χ0) is 17.7. The number of aromatic hydroxyl groups is 2. The molecule has 0 saturated carbocycles. The quantitative estimate of drug-likeness (QED) is 0.512. The molecular weight excluding hydrogens is 308 g/mol. The molecule has 2 aromatic carbocycles. The standard InChI is InChI=1S/C19H18O5/c1-12(2)14-4-3-5-16(21)18(11-14)24-19(23)9-7-13-6-8-15(20)17(22)10-13/h3-12,20,22H,1-2H3/b9-7+. The van der Waals surface area contributed by atoms with Crippen LogP contribution in [-0.2, 0) is 4.79 Å². The Morgan fingerprint density at radius 2 is 1.83 bits per heavy atom. The van der Waals surface area contributed by atoms with Gasteiger partial charge in [0.2, 0.25) is 5.43 Å². The lowest BCUT2D eigenvalue weighted by Gasteiger charge is -2.03. The summed E-state index contributed by atoms with van der Waals surface area (Å²) in [5, 5.41) is 18.6. The predicted molar refractivity (Wildman–Crippen MR) is 91.2 cm³/mol. The summed E-state index contributed by atoms with van der Waals surface area (Å²) in [6.45, 7) is 3.95. The van der Waals surface area contributed by atoms with Crippen LogP contribution in [0.4, 0.5) is 0 Å². The smallest absolute Gasteiger partial charge is 0.336 e. The molecule has 24 heavy (non-hydrogen) atoms. The van der Waals surface area contributed by atoms with Crippen molar-refractivity contribution in [1.29, 1.82) is 0 Å². The van der Waals surface area contributed by atoms with Crippen molar-refractivity contribution >= 4 is 12.0 Å². The molecule has 0 radical (unpaired) electrons. The molecule has 5 heteroatoms. The van der Waals surface area contributed by atoms with Gasteiger partial charge in [0, 0.05) is 6.08 Å². The van der Waals surface area contributed by atoms with Crippen LogP contribution in [0.5, 0.6) is 17.2 Å². The van der Waals surface area contributed by atoms with Gasteiger partial charge in [-0.25, -0.2) is 4.79 Å². The Kier molecular flexibility index (Phi) is 5.37. The number of carbonyl (C=O) groups excluding carboxylic acids is 1. The molecule has 124 valence electrons. The van der Waals surface area contributed by atoms with E-state index < -0.39 is 5.97 Å². The fourth-order valence-electron chi connectivity index (χ4n) is 1.99. The van der Waals surface area contributed by atoms with Crippen molar-refractivity contribution in [3.05, 3.63) is 69.9 Å². The number of ether oxygens (including phenoxy) is 1. The van der Waals surface area contributed by atoms with Gasteiger partial charge in [0.05, 0.1) is 0 Å². The first-order valence-corrected chi connectivity index (χ1v) is 7.43. The molecule has 2 N–H and O–H groups in total. The van der Waals surface area contributed by atoms with Crippen molar-refractivity contribution in [3.8, 4) is 17.2 Å². The molecule has 2 rings (SSSR count). The Hall–Kier alpha value is -3.08. The fourth-order valence-corrected chi connectivity index (χ4v) is 1.99. The molecule has 0 aliphatic rings. The summed E-state index contributed by atoms with van der Waals surface area (Å²) in [6.07, 6.45) is 2.56. The average molecular weight is 326 g/mol. The van der Waals surface area contributed by atoms with Crippen molar-refractivity contribution < 1.29 is 19.7 Å². The number of carbonyl (C=O) groups is 1. The van der Waals surface area contributed by atoms with Crippen LogP contribution in [0.2, 0.25) is 0 Å². The summed E-state index contributed by atoms with van der Waals surface area (Å²) in [5.41, 5.74) is 1.00. The lowest BCUT2D eigenvalue weighted by Crippen LogP contribution is -2.10. The molecule has 0 saturated heterocycles. The lowest BCUT2D eigenvalue weighted by molar-refractivity contribution is -0.128. The van der Waals surface area contributed by atoms with Gasteiger partial charge in [-0.15, -0.1) is 0 Å². The molecule has 2 aromatic rings. The average Bonchev–Trinajstić information content (AvgIpc) is 2.71. The molecule has 0 amide bonds. The van der Waals surface area contributed by atoms with Gasteiger partial charge in [-0.2, -0.15) is 0 Å². The maximum atomic E-state index is 11.9. The van der Waals surface area contributed by atoms with E-state index in [0.717, 1.165) is 11.6 Å². The van der Waals surface area contributed by atoms with E-state index >= 15 is 0 Å².